The summed E-state index contributed by atoms with van der Waals surface area (Å²) in [4.78, 5) is 0. The van der Waals surface area contributed by atoms with Gasteiger partial charge in [0.25, 0.3) is 0 Å². The van der Waals surface area contributed by atoms with E-state index in [0.29, 0.717) is 23.3 Å². The molecule has 1 aromatic rings. The van der Waals surface area contributed by atoms with Crippen molar-refractivity contribution >= 4 is 0 Å². The van der Waals surface area contributed by atoms with Gasteiger partial charge in [0.2, 0.25) is 0 Å². The van der Waals surface area contributed by atoms with Gasteiger partial charge in [-0.2, -0.15) is 5.26 Å². The Balaban J connectivity index is 1.65. The van der Waals surface area contributed by atoms with Gasteiger partial charge in [-0.15, -0.1) is 0 Å². The van der Waals surface area contributed by atoms with Crippen LogP contribution in [0.1, 0.15) is 38.2 Å². The third-order valence-electron chi connectivity index (χ3n) is 4.02. The zero-order valence-corrected chi connectivity index (χ0v) is 12.6. The van der Waals surface area contributed by atoms with E-state index in [1.165, 1.54) is 25.7 Å². The molecular weight excluding hydrogens is 264 g/mol. The fourth-order valence-corrected chi connectivity index (χ4v) is 2.63. The molecule has 0 bridgehead atoms. The molecule has 4 heteroatoms. The largest absolute Gasteiger partial charge is 0.491 e. The van der Waals surface area contributed by atoms with Crippen molar-refractivity contribution in [2.24, 2.45) is 5.41 Å². The van der Waals surface area contributed by atoms with Gasteiger partial charge >= 0.3 is 0 Å². The number of benzene rings is 1. The topological polar surface area (TPSA) is 65.3 Å². The van der Waals surface area contributed by atoms with Gasteiger partial charge in [-0.3, -0.25) is 0 Å². The Kier molecular flexibility index (Phi) is 5.60. The highest BCUT2D eigenvalue weighted by Crippen LogP contribution is 2.48. The molecule has 0 spiro atoms. The highest BCUT2D eigenvalue weighted by molar-refractivity contribution is 5.36. The van der Waals surface area contributed by atoms with Crippen LogP contribution in [0.3, 0.4) is 0 Å². The van der Waals surface area contributed by atoms with E-state index in [-0.39, 0.29) is 6.61 Å². The molecule has 1 unspecified atom stereocenters. The first-order valence-electron chi connectivity index (χ1n) is 7.69. The summed E-state index contributed by atoms with van der Waals surface area (Å²) >= 11 is 0. The van der Waals surface area contributed by atoms with Crippen LogP contribution < -0.4 is 10.1 Å². The Bertz CT molecular complexity index is 492. The smallest absolute Gasteiger partial charge is 0.120 e. The van der Waals surface area contributed by atoms with Crippen LogP contribution in [-0.4, -0.2) is 30.9 Å². The Morgan fingerprint density at radius 1 is 1.48 bits per heavy atom. The Hall–Kier alpha value is -1.57. The van der Waals surface area contributed by atoms with E-state index in [0.717, 1.165) is 6.54 Å². The lowest BCUT2D eigenvalue weighted by atomic mass is 10.0. The van der Waals surface area contributed by atoms with Crippen LogP contribution in [0.15, 0.2) is 24.3 Å². The predicted molar refractivity (Wildman–Crippen MR) is 82.1 cm³/mol. The number of rotatable bonds is 9. The Morgan fingerprint density at radius 3 is 2.95 bits per heavy atom. The maximum Gasteiger partial charge on any atom is 0.120 e. The molecule has 1 atom stereocenters. The maximum absolute atomic E-state index is 9.93. The van der Waals surface area contributed by atoms with Gasteiger partial charge in [-0.1, -0.05) is 19.4 Å². The second-order valence-corrected chi connectivity index (χ2v) is 5.99. The molecule has 1 saturated carbocycles. The summed E-state index contributed by atoms with van der Waals surface area (Å²) in [5.74, 6) is 0.623. The van der Waals surface area contributed by atoms with Crippen molar-refractivity contribution < 1.29 is 9.84 Å². The molecule has 21 heavy (non-hydrogen) atoms. The SMILES string of the molecule is CCCC1(CNCC(O)COc2cccc(C#N)c2)CC1. The number of nitrogens with zero attached hydrogens (tertiary/aromatic N) is 1. The average molecular weight is 288 g/mol. The third-order valence-corrected chi connectivity index (χ3v) is 4.02. The number of aliphatic hydroxyl groups excluding tert-OH is 1. The van der Waals surface area contributed by atoms with E-state index in [4.69, 9.17) is 10.00 Å². The minimum absolute atomic E-state index is 0.239. The van der Waals surface area contributed by atoms with E-state index in [9.17, 15) is 5.11 Å². The lowest BCUT2D eigenvalue weighted by Crippen LogP contribution is -2.34. The van der Waals surface area contributed by atoms with Crippen LogP contribution in [0.2, 0.25) is 0 Å². The van der Waals surface area contributed by atoms with E-state index >= 15 is 0 Å². The number of nitriles is 1. The summed E-state index contributed by atoms with van der Waals surface area (Å²) < 4.78 is 5.51. The Labute approximate surface area is 126 Å². The van der Waals surface area contributed by atoms with Crippen molar-refractivity contribution in [3.05, 3.63) is 29.8 Å². The van der Waals surface area contributed by atoms with Crippen LogP contribution in [0, 0.1) is 16.7 Å². The van der Waals surface area contributed by atoms with Crippen LogP contribution >= 0.6 is 0 Å². The first kappa shape index (κ1) is 15.8. The number of hydrogen-bond acceptors (Lipinski definition) is 4. The van der Waals surface area contributed by atoms with Gasteiger partial charge in [0.1, 0.15) is 18.5 Å². The normalized spacial score (nSPS) is 17.0. The number of nitrogens with one attached hydrogen (secondary N) is 1. The molecular formula is C17H24N2O2. The minimum Gasteiger partial charge on any atom is -0.491 e. The first-order valence-corrected chi connectivity index (χ1v) is 7.69. The summed E-state index contributed by atoms with van der Waals surface area (Å²) in [6.07, 6.45) is 4.58. The average Bonchev–Trinajstić information content (AvgIpc) is 3.25. The van der Waals surface area contributed by atoms with Crippen LogP contribution in [0.5, 0.6) is 5.75 Å². The molecule has 1 aliphatic carbocycles. The van der Waals surface area contributed by atoms with Crippen LogP contribution in [0.25, 0.3) is 0 Å². The minimum atomic E-state index is -0.534. The van der Waals surface area contributed by atoms with Crippen molar-refractivity contribution in [3.8, 4) is 11.8 Å². The quantitative estimate of drug-likeness (QED) is 0.732. The lowest BCUT2D eigenvalue weighted by molar-refractivity contribution is 0.105. The fraction of sp³-hybridized carbons (Fsp3) is 0.588. The van der Waals surface area contributed by atoms with Crippen LogP contribution in [0.4, 0.5) is 0 Å². The maximum atomic E-state index is 9.93. The van der Waals surface area contributed by atoms with E-state index in [2.05, 4.69) is 18.3 Å². The van der Waals surface area contributed by atoms with Crippen molar-refractivity contribution in [3.63, 3.8) is 0 Å². The highest BCUT2D eigenvalue weighted by Gasteiger charge is 2.40. The number of ether oxygens (including phenoxy) is 1. The second kappa shape index (κ2) is 7.44. The van der Waals surface area contributed by atoms with Crippen molar-refractivity contribution in [2.45, 2.75) is 38.7 Å². The summed E-state index contributed by atoms with van der Waals surface area (Å²) in [5.41, 5.74) is 1.06. The lowest BCUT2D eigenvalue weighted by Gasteiger charge is -2.17. The summed E-state index contributed by atoms with van der Waals surface area (Å²) in [6, 6.07) is 9.05. The van der Waals surface area contributed by atoms with Gasteiger partial charge in [0.15, 0.2) is 0 Å². The summed E-state index contributed by atoms with van der Waals surface area (Å²) in [5, 5.41) is 22.1. The van der Waals surface area contributed by atoms with Crippen molar-refractivity contribution in [1.29, 1.82) is 5.26 Å². The second-order valence-electron chi connectivity index (χ2n) is 5.99. The standard InChI is InChI=1S/C17H24N2O2/c1-2-6-17(7-8-17)13-19-11-15(20)12-21-16-5-3-4-14(9-16)10-18/h3-5,9,15,19-20H,2,6-8,11-13H2,1H3. The number of aliphatic hydroxyl groups is 1. The van der Waals surface area contributed by atoms with Gasteiger partial charge in [-0.05, 0) is 42.9 Å². The number of hydrogen-bond donors (Lipinski definition) is 2. The molecule has 0 radical (unpaired) electrons. The van der Waals surface area contributed by atoms with E-state index in [1.807, 2.05) is 0 Å². The zero-order chi connectivity index (χ0) is 15.1. The van der Waals surface area contributed by atoms with Gasteiger partial charge in [0, 0.05) is 13.1 Å². The molecule has 1 aliphatic rings. The Morgan fingerprint density at radius 2 is 2.29 bits per heavy atom. The molecule has 1 fully saturated rings. The highest BCUT2D eigenvalue weighted by atomic mass is 16.5. The first-order chi connectivity index (χ1) is 10.2. The van der Waals surface area contributed by atoms with Crippen molar-refractivity contribution in [2.75, 3.05) is 19.7 Å². The van der Waals surface area contributed by atoms with Gasteiger partial charge in [0.05, 0.1) is 11.6 Å². The van der Waals surface area contributed by atoms with Gasteiger partial charge < -0.3 is 15.2 Å². The van der Waals surface area contributed by atoms with Crippen molar-refractivity contribution in [1.82, 2.24) is 5.32 Å². The molecule has 0 aromatic heterocycles. The predicted octanol–water partition coefficient (Wildman–Crippen LogP) is 2.47. The molecule has 114 valence electrons. The molecule has 0 aliphatic heterocycles. The van der Waals surface area contributed by atoms with E-state index < -0.39 is 6.10 Å². The monoisotopic (exact) mass is 288 g/mol. The molecule has 0 amide bonds. The molecule has 4 nitrogen and oxygen atoms in total. The molecule has 0 saturated heterocycles. The molecule has 0 heterocycles. The summed E-state index contributed by atoms with van der Waals surface area (Å²) in [7, 11) is 0. The fourth-order valence-electron chi connectivity index (χ4n) is 2.63. The molecule has 2 N–H and O–H groups in total. The van der Waals surface area contributed by atoms with Crippen LogP contribution in [-0.2, 0) is 0 Å². The van der Waals surface area contributed by atoms with Gasteiger partial charge in [-0.25, -0.2) is 0 Å². The third kappa shape index (κ3) is 5.04. The zero-order valence-electron chi connectivity index (χ0n) is 12.6. The molecule has 1 aromatic carbocycles. The van der Waals surface area contributed by atoms with E-state index in [1.54, 1.807) is 24.3 Å². The molecule has 2 rings (SSSR count). The summed E-state index contributed by atoms with van der Waals surface area (Å²) in [6.45, 7) is 3.99.